The van der Waals surface area contributed by atoms with E-state index in [0.717, 1.165) is 191 Å². The molecule has 16 aliphatic carbocycles. The predicted molar refractivity (Wildman–Crippen MR) is 469 cm³/mol. The quantitative estimate of drug-likeness (QED) is 0.0584. The number of carbonyl (C=O) groups is 7. The lowest BCUT2D eigenvalue weighted by Gasteiger charge is -2.61. The predicted octanol–water partition coefficient (Wildman–Crippen LogP) is 23.0. The van der Waals surface area contributed by atoms with Gasteiger partial charge in [-0.2, -0.15) is 0 Å². The van der Waals surface area contributed by atoms with Crippen LogP contribution in [0.5, 0.6) is 0 Å². The maximum atomic E-state index is 12.3. The topological polar surface area (TPSA) is 265 Å². The Hall–Kier alpha value is -3.43. The van der Waals surface area contributed by atoms with Gasteiger partial charge in [0.1, 0.15) is 29.8 Å². The highest BCUT2D eigenvalue weighted by Gasteiger charge is 2.66. The fraction of sp³-hybridized carbons (Fsp3) is 0.933. The standard InChI is InChI=1S/C28H45NO6.C27H44O3.C25H42O2.C24H40O3/c1-16(4-9-24(30)31)20-7-8-21-19-6-5-17-14-18(35-26(34)23(29)15-25(32)33)10-12-27(17,2)22(19)11-13-28(20,21)3;1-17(6-7-18(2)28)23-10-11-24-22-9-8-20-16-21(30-19(3)29)12-14-26(20,4)25(22)13-15-27(23,24)5;1-16(5-6-17(2)26)21-9-10-22-20-8-7-18-15-19(27)11-13-24(18,3)23(20)12-14-25(21,22)4;1-15(4-9-22(26)27)19-7-8-20-18-6-5-16-14-17(25)10-12-23(16,2)21(18)11-13-24(19,20)3/h16-23H,4-15,29H2,1-3H3,(H,30,31)(H,32,33);17,20-25H,6-16H2,1-5H3;16,18-23,27H,5-15H2,1-4H3;15-21,25H,4-14H2,1-3H3,(H,26,27)/t16-,17-,18-,19?,20?,21+,22?,23+,27+,28-;17-,20-,21-,22?,23?,24+,25?,26+,27-;16-,18-,19-,20?,21?,22+,23?,24+,25-;15-,16-,17-,18?,19?,20+,21?,23+,24-/m1111/s1. The molecule has 0 aromatic carbocycles. The van der Waals surface area contributed by atoms with Gasteiger partial charge in [0, 0.05) is 32.6 Å². The molecule has 16 fully saturated rings. The van der Waals surface area contributed by atoms with Crippen LogP contribution in [-0.2, 0) is 43.0 Å². The molecule has 0 aliphatic heterocycles. The number of esters is 2. The molecular weight excluding hydrogens is 1490 g/mol. The van der Waals surface area contributed by atoms with E-state index in [2.05, 4.69) is 83.1 Å². The summed E-state index contributed by atoms with van der Waals surface area (Å²) in [7, 11) is 0. The second-order valence-electron chi connectivity index (χ2n) is 47.7. The van der Waals surface area contributed by atoms with E-state index in [0.29, 0.717) is 103 Å². The lowest BCUT2D eigenvalue weighted by atomic mass is 9.44. The minimum absolute atomic E-state index is 0.0357. The van der Waals surface area contributed by atoms with Crippen LogP contribution in [0.3, 0.4) is 0 Å². The number of rotatable bonds is 21. The molecule has 0 amide bonds. The Kier molecular flexibility index (Phi) is 29.1. The number of Topliss-reactive ketones (excluding diaryl/α,β-unsaturated/α-hetero) is 2. The number of aliphatic hydroxyl groups is 2. The van der Waals surface area contributed by atoms with Crippen molar-refractivity contribution in [2.24, 2.45) is 191 Å². The Morgan fingerprint density at radius 2 is 0.580 bits per heavy atom. The van der Waals surface area contributed by atoms with Gasteiger partial charge in [-0.3, -0.25) is 24.0 Å². The number of carbonyl (C=O) groups excluding carboxylic acids is 4. The van der Waals surface area contributed by atoms with Crippen molar-refractivity contribution >= 4 is 41.4 Å². The summed E-state index contributed by atoms with van der Waals surface area (Å²) < 4.78 is 11.3. The minimum atomic E-state index is -1.10. The van der Waals surface area contributed by atoms with Crippen molar-refractivity contribution in [2.45, 2.75) is 423 Å². The molecule has 0 spiro atoms. The highest BCUT2D eigenvalue weighted by atomic mass is 16.5. The van der Waals surface area contributed by atoms with Crippen LogP contribution in [0.25, 0.3) is 0 Å². The molecule has 0 bridgehead atoms. The van der Waals surface area contributed by atoms with Gasteiger partial charge >= 0.3 is 29.8 Å². The van der Waals surface area contributed by atoms with Crippen molar-refractivity contribution in [1.82, 2.24) is 0 Å². The van der Waals surface area contributed by atoms with E-state index in [1.807, 2.05) is 0 Å². The zero-order valence-corrected chi connectivity index (χ0v) is 77.6. The Balaban J connectivity index is 0.000000138. The maximum Gasteiger partial charge on any atom is 0.323 e. The first-order valence-corrected chi connectivity index (χ1v) is 50.2. The minimum Gasteiger partial charge on any atom is -0.481 e. The normalized spacial score (nSPS) is 46.9. The average molecular weight is 1660 g/mol. The zero-order chi connectivity index (χ0) is 86.0. The fourth-order valence-electron chi connectivity index (χ4n) is 36.2. The van der Waals surface area contributed by atoms with Crippen LogP contribution in [0.1, 0.15) is 393 Å². The second kappa shape index (κ2) is 37.1. The van der Waals surface area contributed by atoms with E-state index in [9.17, 15) is 43.8 Å². The van der Waals surface area contributed by atoms with Crippen molar-refractivity contribution in [3.05, 3.63) is 0 Å². The summed E-state index contributed by atoms with van der Waals surface area (Å²) in [5.41, 5.74) is 9.12. The summed E-state index contributed by atoms with van der Waals surface area (Å²) in [6, 6.07) is -1.10. The van der Waals surface area contributed by atoms with Crippen LogP contribution in [-0.4, -0.2) is 97.4 Å². The molecule has 15 heteroatoms. The fourth-order valence-corrected chi connectivity index (χ4v) is 36.2. The largest absolute Gasteiger partial charge is 0.481 e. The number of aliphatic carboxylic acids is 3. The molecule has 0 aromatic rings. The molecule has 16 saturated carbocycles. The van der Waals surface area contributed by atoms with Gasteiger partial charge in [-0.25, -0.2) is 0 Å². The number of aliphatic hydroxyl groups excluding tert-OH is 2. The third-order valence-electron chi connectivity index (χ3n) is 42.4. The van der Waals surface area contributed by atoms with Crippen LogP contribution in [0.4, 0.5) is 0 Å². The average Bonchev–Trinajstić information content (AvgIpc) is 1.53. The molecule has 16 aliphatic rings. The van der Waals surface area contributed by atoms with Gasteiger partial charge in [-0.1, -0.05) is 83.1 Å². The monoisotopic (exact) mass is 1660 g/mol. The number of hydrogen-bond acceptors (Lipinski definition) is 12. The van der Waals surface area contributed by atoms with Crippen LogP contribution < -0.4 is 5.73 Å². The van der Waals surface area contributed by atoms with Gasteiger partial charge in [-0.05, 0) is 456 Å². The van der Waals surface area contributed by atoms with E-state index < -0.39 is 36.3 Å². The zero-order valence-electron chi connectivity index (χ0n) is 77.6. The number of ketones is 2. The summed E-state index contributed by atoms with van der Waals surface area (Å²) in [5, 5.41) is 47.6. The first-order chi connectivity index (χ1) is 56.1. The summed E-state index contributed by atoms with van der Waals surface area (Å²) in [4.78, 5) is 79.9. The van der Waals surface area contributed by atoms with Gasteiger partial charge in [0.15, 0.2) is 0 Å². The summed E-state index contributed by atoms with van der Waals surface area (Å²) in [6.45, 7) is 35.0. The van der Waals surface area contributed by atoms with Crippen LogP contribution >= 0.6 is 0 Å². The van der Waals surface area contributed by atoms with E-state index in [1.54, 1.807) is 20.8 Å². The van der Waals surface area contributed by atoms with E-state index >= 15 is 0 Å². The van der Waals surface area contributed by atoms with Crippen molar-refractivity contribution in [1.29, 1.82) is 0 Å². The van der Waals surface area contributed by atoms with Gasteiger partial charge in [0.05, 0.1) is 18.6 Å². The van der Waals surface area contributed by atoms with Crippen molar-refractivity contribution < 1.29 is 68.6 Å². The number of carboxylic acids is 3. The number of ether oxygens (including phenoxy) is 2. The Labute approximate surface area is 720 Å². The molecule has 12 unspecified atom stereocenters. The molecule has 0 radical (unpaired) electrons. The first-order valence-electron chi connectivity index (χ1n) is 50.2. The molecule has 15 nitrogen and oxygen atoms in total. The Bertz CT molecular complexity index is 3440. The molecule has 119 heavy (non-hydrogen) atoms. The maximum absolute atomic E-state index is 12.3. The van der Waals surface area contributed by atoms with Crippen molar-refractivity contribution in [3.8, 4) is 0 Å². The molecule has 7 N–H and O–H groups in total. The number of hydrogen-bond donors (Lipinski definition) is 6. The molecule has 37 atom stereocenters. The number of nitrogens with two attached hydrogens (primary N) is 1. The number of carboxylic acid groups (broad SMARTS) is 3. The molecule has 676 valence electrons. The summed E-state index contributed by atoms with van der Waals surface area (Å²) in [6.07, 6.45) is 50.3. The van der Waals surface area contributed by atoms with Gasteiger partial charge in [-0.15, -0.1) is 0 Å². The second-order valence-corrected chi connectivity index (χ2v) is 47.7. The molecule has 0 saturated heterocycles. The molecular formula is C104H171NO14. The van der Waals surface area contributed by atoms with Crippen LogP contribution in [0.2, 0.25) is 0 Å². The molecule has 16 rings (SSSR count). The SMILES string of the molecule is CC(=O)CC[C@@H](C)C1CC[C@H]2C3CC[C@@H]4C[C@H](O)CC[C@]4(C)C3CC[C@]12C.CC(=O)CC[C@@H](C)C1CC[C@H]2C3CC[C@@H]4C[C@H](OC(C)=O)CC[C@]4(C)C3CC[C@]12C.C[C@H](CCC(=O)O)C1CC[C@H]2C3CC[C@@H]4C[C@H](O)CC[C@]4(C)C3CC[C@]12C.C[C@H](CCC(=O)O)C1CC[C@H]2C3CC[C@@H]4C[C@H](OC(=O)[C@@H](N)CC(=O)O)CC[C@]4(C)C3CC[C@]12C. The van der Waals surface area contributed by atoms with Crippen molar-refractivity contribution in [3.63, 3.8) is 0 Å². The van der Waals surface area contributed by atoms with E-state index in [1.165, 1.54) is 173 Å². The Morgan fingerprint density at radius 3 is 0.857 bits per heavy atom. The van der Waals surface area contributed by atoms with E-state index in [4.69, 9.17) is 30.5 Å². The summed E-state index contributed by atoms with van der Waals surface area (Å²) >= 11 is 0. The lowest BCUT2D eigenvalue weighted by Crippen LogP contribution is -2.54. The van der Waals surface area contributed by atoms with Gasteiger partial charge in [0.25, 0.3) is 0 Å². The lowest BCUT2D eigenvalue weighted by molar-refractivity contribution is -0.165. The number of fused-ring (bicyclic) bond motifs is 20. The van der Waals surface area contributed by atoms with Crippen LogP contribution in [0, 0.1) is 185 Å². The highest BCUT2D eigenvalue weighted by molar-refractivity contribution is 5.82. The highest BCUT2D eigenvalue weighted by Crippen LogP contribution is 2.74. The third-order valence-corrected chi connectivity index (χ3v) is 42.4. The molecule has 0 heterocycles. The van der Waals surface area contributed by atoms with E-state index in [-0.39, 0.29) is 42.2 Å². The summed E-state index contributed by atoms with van der Waals surface area (Å²) in [5.74, 6) is 15.8. The van der Waals surface area contributed by atoms with Crippen molar-refractivity contribution in [2.75, 3.05) is 0 Å². The third kappa shape index (κ3) is 18.4. The van der Waals surface area contributed by atoms with Gasteiger partial charge < -0.3 is 50.3 Å². The Morgan fingerprint density at radius 1 is 0.319 bits per heavy atom. The molecule has 0 aromatic heterocycles. The van der Waals surface area contributed by atoms with Gasteiger partial charge in [0.2, 0.25) is 0 Å². The first kappa shape index (κ1) is 93.2. The smallest absolute Gasteiger partial charge is 0.323 e. The van der Waals surface area contributed by atoms with Crippen LogP contribution in [0.15, 0.2) is 0 Å².